The Morgan fingerprint density at radius 2 is 2.00 bits per heavy atom. The molecule has 0 rings (SSSR count). The van der Waals surface area contributed by atoms with Crippen molar-refractivity contribution in [2.24, 2.45) is 5.73 Å². The molecule has 0 spiro atoms. The predicted molar refractivity (Wildman–Crippen MR) is 57.3 cm³/mol. The van der Waals surface area contributed by atoms with Crippen LogP contribution in [0.15, 0.2) is 0 Å². The first kappa shape index (κ1) is 13.1. The lowest BCUT2D eigenvalue weighted by molar-refractivity contribution is 0.0205. The average molecular weight is 207 g/mol. The summed E-state index contributed by atoms with van der Waals surface area (Å²) in [4.78, 5) is 0. The Morgan fingerprint density at radius 3 is 2.46 bits per heavy atom. The van der Waals surface area contributed by atoms with Crippen LogP contribution < -0.4 is 5.73 Å². The Balaban J connectivity index is 3.57. The first-order valence-corrected chi connectivity index (χ1v) is 6.11. The molecule has 0 heterocycles. The van der Waals surface area contributed by atoms with Gasteiger partial charge in [-0.25, -0.2) is 0 Å². The van der Waals surface area contributed by atoms with E-state index in [0.717, 1.165) is 18.6 Å². The van der Waals surface area contributed by atoms with Gasteiger partial charge in [-0.3, -0.25) is 4.21 Å². The first-order chi connectivity index (χ1) is 6.02. The molecule has 3 nitrogen and oxygen atoms in total. The van der Waals surface area contributed by atoms with Gasteiger partial charge in [0, 0.05) is 29.4 Å². The molecule has 0 aromatic rings. The molecule has 0 aliphatic heterocycles. The molecule has 0 aliphatic rings. The van der Waals surface area contributed by atoms with Crippen molar-refractivity contribution in [3.05, 3.63) is 0 Å². The van der Waals surface area contributed by atoms with Gasteiger partial charge in [-0.1, -0.05) is 0 Å². The summed E-state index contributed by atoms with van der Waals surface area (Å²) in [5, 5.41) is 0. The molecule has 0 fully saturated rings. The average Bonchev–Trinajstić information content (AvgIpc) is 2.11. The van der Waals surface area contributed by atoms with Gasteiger partial charge in [0.25, 0.3) is 0 Å². The largest absolute Gasteiger partial charge is 0.379 e. The summed E-state index contributed by atoms with van der Waals surface area (Å²) in [5.74, 6) is 1.43. The van der Waals surface area contributed by atoms with Crippen LogP contribution in [0, 0.1) is 0 Å². The molecule has 0 aliphatic carbocycles. The lowest BCUT2D eigenvalue weighted by atomic mass is 10.1. The van der Waals surface area contributed by atoms with Crippen molar-refractivity contribution in [3.8, 4) is 0 Å². The summed E-state index contributed by atoms with van der Waals surface area (Å²) in [6, 6.07) is 0. The van der Waals surface area contributed by atoms with Crippen molar-refractivity contribution >= 4 is 10.8 Å². The standard InChI is InChI=1S/C9H21NO2S/c1-9(2,12-3)5-8-13(11)7-4-6-10/h4-8,10H2,1-3H3. The molecule has 0 radical (unpaired) electrons. The van der Waals surface area contributed by atoms with Crippen LogP contribution in [0.2, 0.25) is 0 Å². The Bertz CT molecular complexity index is 160. The van der Waals surface area contributed by atoms with Crippen LogP contribution in [0.1, 0.15) is 26.7 Å². The molecule has 0 saturated carbocycles. The highest BCUT2D eigenvalue weighted by molar-refractivity contribution is 7.84. The van der Waals surface area contributed by atoms with Crippen LogP contribution in [0.3, 0.4) is 0 Å². The molecule has 0 amide bonds. The van der Waals surface area contributed by atoms with Gasteiger partial charge in [0.05, 0.1) is 5.60 Å². The number of methoxy groups -OCH3 is 1. The third-order valence-electron chi connectivity index (χ3n) is 2.06. The van der Waals surface area contributed by atoms with Crippen LogP contribution in [-0.4, -0.2) is 35.0 Å². The predicted octanol–water partition coefficient (Wildman–Crippen LogP) is 0.899. The van der Waals surface area contributed by atoms with Gasteiger partial charge in [-0.05, 0) is 33.2 Å². The smallest absolute Gasteiger partial charge is 0.0631 e. The second-order valence-electron chi connectivity index (χ2n) is 3.70. The topological polar surface area (TPSA) is 52.3 Å². The van der Waals surface area contributed by atoms with E-state index in [4.69, 9.17) is 10.5 Å². The molecule has 0 bridgehead atoms. The molecule has 1 atom stereocenters. The van der Waals surface area contributed by atoms with E-state index in [-0.39, 0.29) is 5.60 Å². The number of ether oxygens (including phenoxy) is 1. The minimum absolute atomic E-state index is 0.154. The number of rotatable bonds is 7. The van der Waals surface area contributed by atoms with E-state index in [9.17, 15) is 4.21 Å². The Kier molecular flexibility index (Phi) is 6.55. The molecule has 1 unspecified atom stereocenters. The monoisotopic (exact) mass is 207 g/mol. The van der Waals surface area contributed by atoms with Gasteiger partial charge in [-0.2, -0.15) is 0 Å². The fraction of sp³-hybridized carbons (Fsp3) is 1.00. The van der Waals surface area contributed by atoms with Crippen LogP contribution in [-0.2, 0) is 15.5 Å². The zero-order valence-electron chi connectivity index (χ0n) is 8.84. The summed E-state index contributed by atoms with van der Waals surface area (Å²) in [6.07, 6.45) is 1.68. The molecule has 0 saturated heterocycles. The maximum absolute atomic E-state index is 11.4. The lowest BCUT2D eigenvalue weighted by Crippen LogP contribution is -2.25. The minimum atomic E-state index is -0.728. The van der Waals surface area contributed by atoms with Crippen molar-refractivity contribution in [2.75, 3.05) is 25.2 Å². The highest BCUT2D eigenvalue weighted by Gasteiger charge is 2.16. The lowest BCUT2D eigenvalue weighted by Gasteiger charge is -2.22. The van der Waals surface area contributed by atoms with Gasteiger partial charge >= 0.3 is 0 Å². The van der Waals surface area contributed by atoms with E-state index < -0.39 is 10.8 Å². The maximum atomic E-state index is 11.4. The van der Waals surface area contributed by atoms with Crippen molar-refractivity contribution in [1.82, 2.24) is 0 Å². The van der Waals surface area contributed by atoms with E-state index in [1.165, 1.54) is 0 Å². The van der Waals surface area contributed by atoms with Gasteiger partial charge in [-0.15, -0.1) is 0 Å². The maximum Gasteiger partial charge on any atom is 0.0631 e. The Labute approximate surface area is 83.5 Å². The normalized spacial score (nSPS) is 14.5. The fourth-order valence-electron chi connectivity index (χ4n) is 0.808. The number of hydrogen-bond donors (Lipinski definition) is 1. The number of hydrogen-bond acceptors (Lipinski definition) is 3. The second kappa shape index (κ2) is 6.51. The van der Waals surface area contributed by atoms with Gasteiger partial charge in [0.1, 0.15) is 0 Å². The molecular weight excluding hydrogens is 186 g/mol. The molecule has 0 aromatic heterocycles. The van der Waals surface area contributed by atoms with E-state index in [1.807, 2.05) is 13.8 Å². The number of nitrogens with two attached hydrogens (primary N) is 1. The van der Waals surface area contributed by atoms with Crippen molar-refractivity contribution in [2.45, 2.75) is 32.3 Å². The summed E-state index contributed by atoms with van der Waals surface area (Å²) in [7, 11) is 0.955. The van der Waals surface area contributed by atoms with E-state index in [1.54, 1.807) is 7.11 Å². The van der Waals surface area contributed by atoms with E-state index >= 15 is 0 Å². The van der Waals surface area contributed by atoms with Crippen molar-refractivity contribution in [3.63, 3.8) is 0 Å². The molecule has 4 heteroatoms. The van der Waals surface area contributed by atoms with Crippen LogP contribution >= 0.6 is 0 Å². The minimum Gasteiger partial charge on any atom is -0.379 e. The Hall–Kier alpha value is 0.0700. The van der Waals surface area contributed by atoms with Gasteiger partial charge in [0.15, 0.2) is 0 Å². The second-order valence-corrected chi connectivity index (χ2v) is 5.40. The third kappa shape index (κ3) is 7.16. The van der Waals surface area contributed by atoms with E-state index in [0.29, 0.717) is 12.3 Å². The van der Waals surface area contributed by atoms with Crippen LogP contribution in [0.25, 0.3) is 0 Å². The summed E-state index contributed by atoms with van der Waals surface area (Å²) in [6.45, 7) is 4.64. The van der Waals surface area contributed by atoms with Crippen LogP contribution in [0.4, 0.5) is 0 Å². The summed E-state index contributed by atoms with van der Waals surface area (Å²) < 4.78 is 16.6. The third-order valence-corrected chi connectivity index (χ3v) is 3.46. The molecule has 0 aromatic carbocycles. The molecule has 13 heavy (non-hydrogen) atoms. The molecule has 80 valence electrons. The SMILES string of the molecule is COC(C)(C)CCS(=O)CCCN. The van der Waals surface area contributed by atoms with Gasteiger partial charge < -0.3 is 10.5 Å². The fourth-order valence-corrected chi connectivity index (χ4v) is 2.22. The summed E-state index contributed by atoms with van der Waals surface area (Å²) in [5.41, 5.74) is 5.17. The Morgan fingerprint density at radius 1 is 1.38 bits per heavy atom. The molecule has 2 N–H and O–H groups in total. The summed E-state index contributed by atoms with van der Waals surface area (Å²) >= 11 is 0. The highest BCUT2D eigenvalue weighted by Crippen LogP contribution is 2.13. The first-order valence-electron chi connectivity index (χ1n) is 4.62. The van der Waals surface area contributed by atoms with Crippen molar-refractivity contribution < 1.29 is 8.95 Å². The zero-order valence-corrected chi connectivity index (χ0v) is 9.65. The zero-order chi connectivity index (χ0) is 10.3. The quantitative estimate of drug-likeness (QED) is 0.675. The van der Waals surface area contributed by atoms with E-state index in [2.05, 4.69) is 0 Å². The molecular formula is C9H21NO2S. The van der Waals surface area contributed by atoms with Crippen LogP contribution in [0.5, 0.6) is 0 Å². The van der Waals surface area contributed by atoms with Crippen molar-refractivity contribution in [1.29, 1.82) is 0 Å². The van der Waals surface area contributed by atoms with Gasteiger partial charge in [0.2, 0.25) is 0 Å². The highest BCUT2D eigenvalue weighted by atomic mass is 32.2.